The minimum Gasteiger partial charge on any atom is -0.489 e. The van der Waals surface area contributed by atoms with E-state index in [9.17, 15) is 9.59 Å². The van der Waals surface area contributed by atoms with Gasteiger partial charge in [-0.3, -0.25) is 9.59 Å². The number of ether oxygens (including phenoxy) is 1. The van der Waals surface area contributed by atoms with Crippen LogP contribution in [0.2, 0.25) is 0 Å². The van der Waals surface area contributed by atoms with Crippen molar-refractivity contribution in [2.75, 3.05) is 18.4 Å². The second-order valence-corrected chi connectivity index (χ2v) is 5.82. The average molecular weight is 304 g/mol. The van der Waals surface area contributed by atoms with Crippen LogP contribution in [0.5, 0.6) is 5.75 Å². The number of amides is 2. The van der Waals surface area contributed by atoms with Crippen LogP contribution in [0, 0.1) is 0 Å². The smallest absolute Gasteiger partial charge is 0.314 e. The summed E-state index contributed by atoms with van der Waals surface area (Å²) in [5.74, 6) is -0.475. The number of nitrogens with one attached hydrogen (secondary N) is 1. The summed E-state index contributed by atoms with van der Waals surface area (Å²) in [4.78, 5) is 26.1. The summed E-state index contributed by atoms with van der Waals surface area (Å²) in [5.41, 5.74) is 0.532. The van der Waals surface area contributed by atoms with Crippen molar-refractivity contribution in [2.24, 2.45) is 0 Å². The predicted molar refractivity (Wildman–Crippen MR) is 85.9 cm³/mol. The number of rotatable bonds is 3. The van der Waals surface area contributed by atoms with E-state index in [4.69, 9.17) is 4.74 Å². The van der Waals surface area contributed by atoms with Crippen LogP contribution >= 0.6 is 0 Å². The van der Waals surface area contributed by atoms with Gasteiger partial charge in [0.2, 0.25) is 0 Å². The largest absolute Gasteiger partial charge is 0.489 e. The number of carbonyl (C=O) groups is 2. The van der Waals surface area contributed by atoms with Crippen LogP contribution in [0.4, 0.5) is 5.69 Å². The van der Waals surface area contributed by atoms with E-state index in [2.05, 4.69) is 5.32 Å². The molecule has 1 aliphatic heterocycles. The topological polar surface area (TPSA) is 58.6 Å². The fourth-order valence-electron chi connectivity index (χ4n) is 2.52. The Hall–Kier alpha value is -2.04. The van der Waals surface area contributed by atoms with Gasteiger partial charge >= 0.3 is 11.8 Å². The number of nitrogens with zero attached hydrogens (tertiary/aromatic N) is 1. The first-order valence-electron chi connectivity index (χ1n) is 7.94. The molecular formula is C17H24N2O3. The third-order valence-corrected chi connectivity index (χ3v) is 3.59. The van der Waals surface area contributed by atoms with Gasteiger partial charge in [-0.05, 0) is 38.8 Å². The number of para-hydroxylation sites is 2. The maximum Gasteiger partial charge on any atom is 0.314 e. The van der Waals surface area contributed by atoms with E-state index < -0.39 is 11.8 Å². The molecule has 1 aliphatic rings. The van der Waals surface area contributed by atoms with Gasteiger partial charge in [-0.15, -0.1) is 0 Å². The summed E-state index contributed by atoms with van der Waals surface area (Å²) in [6.45, 7) is 5.16. The summed E-state index contributed by atoms with van der Waals surface area (Å²) < 4.78 is 5.65. The first-order valence-corrected chi connectivity index (χ1v) is 7.94. The molecule has 0 aromatic heterocycles. The standard InChI is InChI=1S/C17H24N2O3/c1-13(2)22-15-10-6-5-9-14(15)18-16(20)17(21)19-11-7-3-4-8-12-19/h5-6,9-10,13H,3-4,7-8,11-12H2,1-2H3,(H,18,20). The number of benzene rings is 1. The van der Waals surface area contributed by atoms with E-state index in [0.717, 1.165) is 25.7 Å². The molecule has 5 nitrogen and oxygen atoms in total. The van der Waals surface area contributed by atoms with Crippen LogP contribution in [-0.2, 0) is 9.59 Å². The second kappa shape index (κ2) is 7.82. The highest BCUT2D eigenvalue weighted by molar-refractivity contribution is 6.39. The molecule has 5 heteroatoms. The maximum atomic E-state index is 12.3. The predicted octanol–water partition coefficient (Wildman–Crippen LogP) is 2.81. The van der Waals surface area contributed by atoms with Crippen LogP contribution in [0.3, 0.4) is 0 Å². The second-order valence-electron chi connectivity index (χ2n) is 5.82. The number of anilines is 1. The normalized spacial score (nSPS) is 15.3. The molecule has 1 N–H and O–H groups in total. The lowest BCUT2D eigenvalue weighted by Crippen LogP contribution is -2.40. The number of hydrogen-bond acceptors (Lipinski definition) is 3. The lowest BCUT2D eigenvalue weighted by Gasteiger charge is -2.20. The van der Waals surface area contributed by atoms with Crippen molar-refractivity contribution in [3.63, 3.8) is 0 Å². The van der Waals surface area contributed by atoms with Gasteiger partial charge in [0, 0.05) is 13.1 Å². The zero-order valence-electron chi connectivity index (χ0n) is 13.3. The van der Waals surface area contributed by atoms with Crippen molar-refractivity contribution >= 4 is 17.5 Å². The van der Waals surface area contributed by atoms with Crippen molar-refractivity contribution in [3.8, 4) is 5.75 Å². The van der Waals surface area contributed by atoms with E-state index in [1.807, 2.05) is 19.9 Å². The molecule has 0 bridgehead atoms. The Balaban J connectivity index is 2.03. The summed E-state index contributed by atoms with van der Waals surface area (Å²) in [7, 11) is 0. The monoisotopic (exact) mass is 304 g/mol. The van der Waals surface area contributed by atoms with Crippen molar-refractivity contribution in [1.29, 1.82) is 0 Å². The lowest BCUT2D eigenvalue weighted by molar-refractivity contribution is -0.143. The highest BCUT2D eigenvalue weighted by Crippen LogP contribution is 2.25. The van der Waals surface area contributed by atoms with Crippen molar-refractivity contribution in [1.82, 2.24) is 4.90 Å². The molecular weight excluding hydrogens is 280 g/mol. The molecule has 2 rings (SSSR count). The van der Waals surface area contributed by atoms with Crippen LogP contribution in [0.1, 0.15) is 39.5 Å². The van der Waals surface area contributed by atoms with Gasteiger partial charge in [-0.25, -0.2) is 0 Å². The maximum absolute atomic E-state index is 12.3. The summed E-state index contributed by atoms with van der Waals surface area (Å²) >= 11 is 0. The van der Waals surface area contributed by atoms with Crippen molar-refractivity contribution < 1.29 is 14.3 Å². The zero-order chi connectivity index (χ0) is 15.9. The molecule has 0 atom stereocenters. The number of hydrogen-bond donors (Lipinski definition) is 1. The van der Waals surface area contributed by atoms with E-state index in [-0.39, 0.29) is 6.10 Å². The van der Waals surface area contributed by atoms with Gasteiger partial charge in [0.15, 0.2) is 0 Å². The molecule has 1 aromatic carbocycles. The van der Waals surface area contributed by atoms with E-state index >= 15 is 0 Å². The fourth-order valence-corrected chi connectivity index (χ4v) is 2.52. The van der Waals surface area contributed by atoms with Crippen LogP contribution < -0.4 is 10.1 Å². The van der Waals surface area contributed by atoms with Gasteiger partial charge in [0.25, 0.3) is 0 Å². The van der Waals surface area contributed by atoms with Gasteiger partial charge in [-0.1, -0.05) is 25.0 Å². The molecule has 0 unspecified atom stereocenters. The lowest BCUT2D eigenvalue weighted by atomic mass is 10.2. The van der Waals surface area contributed by atoms with Crippen molar-refractivity contribution in [2.45, 2.75) is 45.6 Å². The Morgan fingerprint density at radius 1 is 1.09 bits per heavy atom. The average Bonchev–Trinajstić information content (AvgIpc) is 2.77. The van der Waals surface area contributed by atoms with Crippen LogP contribution in [0.25, 0.3) is 0 Å². The van der Waals surface area contributed by atoms with Gasteiger partial charge in [0.1, 0.15) is 5.75 Å². The molecule has 2 amide bonds. The Morgan fingerprint density at radius 3 is 2.36 bits per heavy atom. The molecule has 1 saturated heterocycles. The molecule has 120 valence electrons. The molecule has 0 saturated carbocycles. The molecule has 22 heavy (non-hydrogen) atoms. The van der Waals surface area contributed by atoms with Gasteiger partial charge in [0.05, 0.1) is 11.8 Å². The Morgan fingerprint density at radius 2 is 1.73 bits per heavy atom. The minimum atomic E-state index is -0.596. The molecule has 0 radical (unpaired) electrons. The van der Waals surface area contributed by atoms with E-state index in [1.54, 1.807) is 23.1 Å². The third-order valence-electron chi connectivity index (χ3n) is 3.59. The quantitative estimate of drug-likeness (QED) is 0.874. The first-order chi connectivity index (χ1) is 10.6. The molecule has 1 heterocycles. The molecule has 0 aliphatic carbocycles. The van der Waals surface area contributed by atoms with E-state index in [1.165, 1.54) is 0 Å². The van der Waals surface area contributed by atoms with Gasteiger partial charge in [-0.2, -0.15) is 0 Å². The van der Waals surface area contributed by atoms with Crippen molar-refractivity contribution in [3.05, 3.63) is 24.3 Å². The van der Waals surface area contributed by atoms with Crippen LogP contribution in [0.15, 0.2) is 24.3 Å². The third kappa shape index (κ3) is 4.48. The fraction of sp³-hybridized carbons (Fsp3) is 0.529. The Kier molecular flexibility index (Phi) is 5.81. The van der Waals surface area contributed by atoms with E-state index in [0.29, 0.717) is 24.5 Å². The zero-order valence-corrected chi connectivity index (χ0v) is 13.3. The molecule has 0 spiro atoms. The highest BCUT2D eigenvalue weighted by atomic mass is 16.5. The minimum absolute atomic E-state index is 0.000592. The SMILES string of the molecule is CC(C)Oc1ccccc1NC(=O)C(=O)N1CCCCCC1. The molecule has 1 fully saturated rings. The summed E-state index contributed by atoms with van der Waals surface area (Å²) in [6, 6.07) is 7.17. The molecule has 1 aromatic rings. The Labute approximate surface area is 131 Å². The first kappa shape index (κ1) is 16.3. The summed E-state index contributed by atoms with van der Waals surface area (Å²) in [5, 5.41) is 2.68. The highest BCUT2D eigenvalue weighted by Gasteiger charge is 2.23. The number of likely N-dealkylation sites (tertiary alicyclic amines) is 1. The van der Waals surface area contributed by atoms with Gasteiger partial charge < -0.3 is 15.0 Å². The Bertz CT molecular complexity index is 520. The van der Waals surface area contributed by atoms with Crippen LogP contribution in [-0.4, -0.2) is 35.9 Å². The number of carbonyl (C=O) groups excluding carboxylic acids is 2. The summed E-state index contributed by atoms with van der Waals surface area (Å²) in [6.07, 6.45) is 4.17.